The number of fused-ring (bicyclic) bond motifs is 1. The van der Waals surface area contributed by atoms with E-state index < -0.39 is 0 Å². The van der Waals surface area contributed by atoms with Crippen molar-refractivity contribution in [1.29, 1.82) is 0 Å². The highest BCUT2D eigenvalue weighted by molar-refractivity contribution is 5.82. The van der Waals surface area contributed by atoms with Gasteiger partial charge in [0.15, 0.2) is 0 Å². The molecule has 17 heavy (non-hydrogen) atoms. The van der Waals surface area contributed by atoms with Crippen LogP contribution in [-0.2, 0) is 13.5 Å². The molecule has 2 aromatic rings. The lowest BCUT2D eigenvalue weighted by Gasteiger charge is -2.04. The summed E-state index contributed by atoms with van der Waals surface area (Å²) in [6, 6.07) is 4.56. The lowest BCUT2D eigenvalue weighted by Crippen LogP contribution is -1.93. The Balaban J connectivity index is 0.000000686. The van der Waals surface area contributed by atoms with E-state index in [1.165, 1.54) is 41.3 Å². The molecule has 1 aromatic carbocycles. The summed E-state index contributed by atoms with van der Waals surface area (Å²) < 4.78 is 1.95. The molecule has 1 heterocycles. The van der Waals surface area contributed by atoms with Gasteiger partial charge in [0.05, 0.1) is 11.7 Å². The number of benzene rings is 1. The number of hydrogen-bond acceptors (Lipinski definition) is 1. The average Bonchev–Trinajstić information content (AvgIpc) is 2.71. The molecular weight excluding hydrogens is 208 g/mol. The van der Waals surface area contributed by atoms with E-state index in [2.05, 4.69) is 31.1 Å². The number of rotatable bonds is 3. The van der Waals surface area contributed by atoms with Gasteiger partial charge in [-0.2, -0.15) is 5.10 Å². The lowest BCUT2D eigenvalue weighted by molar-refractivity contribution is 0.790. The van der Waals surface area contributed by atoms with Gasteiger partial charge < -0.3 is 0 Å². The van der Waals surface area contributed by atoms with E-state index in [1.807, 2.05) is 31.8 Å². The molecule has 1 aromatic heterocycles. The second kappa shape index (κ2) is 6.43. The first-order valence-corrected chi connectivity index (χ1v) is 6.63. The number of aromatic nitrogens is 2. The molecule has 0 radical (unpaired) electrons. The van der Waals surface area contributed by atoms with Gasteiger partial charge in [0.25, 0.3) is 0 Å². The smallest absolute Gasteiger partial charge is 0.0708 e. The minimum absolute atomic E-state index is 1.18. The summed E-state index contributed by atoms with van der Waals surface area (Å²) in [4.78, 5) is 0. The Morgan fingerprint density at radius 1 is 1.24 bits per heavy atom. The number of nitrogens with zero attached hydrogens (tertiary/aromatic N) is 2. The third kappa shape index (κ3) is 3.09. The topological polar surface area (TPSA) is 17.8 Å². The maximum Gasteiger partial charge on any atom is 0.0708 e. The summed E-state index contributed by atoms with van der Waals surface area (Å²) in [7, 11) is 2.00. The summed E-state index contributed by atoms with van der Waals surface area (Å²) >= 11 is 0. The van der Waals surface area contributed by atoms with Crippen molar-refractivity contribution in [3.05, 3.63) is 29.5 Å². The van der Waals surface area contributed by atoms with Crippen LogP contribution < -0.4 is 0 Å². The van der Waals surface area contributed by atoms with Crippen LogP contribution in [0.5, 0.6) is 0 Å². The molecule has 0 N–H and O–H groups in total. The van der Waals surface area contributed by atoms with E-state index in [1.54, 1.807) is 0 Å². The van der Waals surface area contributed by atoms with Crippen molar-refractivity contribution in [2.24, 2.45) is 7.05 Å². The number of unbranched alkanes of at least 4 members (excludes halogenated alkanes) is 1. The first-order chi connectivity index (χ1) is 8.22. The van der Waals surface area contributed by atoms with E-state index in [9.17, 15) is 0 Å². The molecule has 0 unspecified atom stereocenters. The maximum absolute atomic E-state index is 4.29. The van der Waals surface area contributed by atoms with Crippen molar-refractivity contribution in [1.82, 2.24) is 9.78 Å². The highest BCUT2D eigenvalue weighted by Gasteiger charge is 2.04. The minimum Gasteiger partial charge on any atom is -0.268 e. The van der Waals surface area contributed by atoms with Crippen LogP contribution in [-0.4, -0.2) is 9.78 Å². The van der Waals surface area contributed by atoms with E-state index in [0.29, 0.717) is 0 Å². The zero-order valence-electron chi connectivity index (χ0n) is 11.7. The van der Waals surface area contributed by atoms with Crippen molar-refractivity contribution < 1.29 is 0 Å². The first-order valence-electron chi connectivity index (χ1n) is 6.63. The molecule has 0 saturated carbocycles. The molecule has 94 valence electrons. The molecule has 0 aliphatic carbocycles. The Kier molecular flexibility index (Phi) is 5.20. The SMILES string of the molecule is CC.CCCCc1cc(C)c2c(cnn2C)c1. The first kappa shape index (κ1) is 13.8. The summed E-state index contributed by atoms with van der Waals surface area (Å²) in [5, 5.41) is 5.56. The Morgan fingerprint density at radius 2 is 1.94 bits per heavy atom. The van der Waals surface area contributed by atoms with Crippen LogP contribution in [0.25, 0.3) is 10.9 Å². The van der Waals surface area contributed by atoms with Crippen LogP contribution in [0.1, 0.15) is 44.7 Å². The van der Waals surface area contributed by atoms with Crippen molar-refractivity contribution in [2.45, 2.75) is 47.0 Å². The molecule has 0 amide bonds. The summed E-state index contributed by atoms with van der Waals surface area (Å²) in [5.74, 6) is 0. The molecule has 0 fully saturated rings. The molecule has 0 bridgehead atoms. The minimum atomic E-state index is 1.18. The van der Waals surface area contributed by atoms with Gasteiger partial charge in [0.1, 0.15) is 0 Å². The molecule has 0 atom stereocenters. The standard InChI is InChI=1S/C13H18N2.C2H6/c1-4-5-6-11-7-10(2)13-12(8-11)9-14-15(13)3;1-2/h7-9H,4-6H2,1-3H3;1-2H3. The van der Waals surface area contributed by atoms with Gasteiger partial charge in [0, 0.05) is 12.4 Å². The Morgan fingerprint density at radius 3 is 2.59 bits per heavy atom. The van der Waals surface area contributed by atoms with E-state index >= 15 is 0 Å². The zero-order valence-corrected chi connectivity index (χ0v) is 11.7. The van der Waals surface area contributed by atoms with Gasteiger partial charge in [-0.1, -0.05) is 33.3 Å². The maximum atomic E-state index is 4.29. The van der Waals surface area contributed by atoms with Gasteiger partial charge in [-0.25, -0.2) is 0 Å². The lowest BCUT2D eigenvalue weighted by atomic mass is 10.0. The molecule has 0 spiro atoms. The third-order valence-corrected chi connectivity index (χ3v) is 2.90. The average molecular weight is 232 g/mol. The molecule has 2 heteroatoms. The largest absolute Gasteiger partial charge is 0.268 e. The Bertz CT molecular complexity index is 469. The number of hydrogen-bond donors (Lipinski definition) is 0. The Labute approximate surface area is 105 Å². The van der Waals surface area contributed by atoms with Crippen LogP contribution in [0.2, 0.25) is 0 Å². The van der Waals surface area contributed by atoms with Crippen LogP contribution >= 0.6 is 0 Å². The molecule has 0 aliphatic heterocycles. The van der Waals surface area contributed by atoms with Gasteiger partial charge >= 0.3 is 0 Å². The van der Waals surface area contributed by atoms with Gasteiger partial charge in [-0.3, -0.25) is 4.68 Å². The second-order valence-electron chi connectivity index (χ2n) is 4.22. The second-order valence-corrected chi connectivity index (χ2v) is 4.22. The van der Waals surface area contributed by atoms with Crippen LogP contribution in [0.4, 0.5) is 0 Å². The Hall–Kier alpha value is -1.31. The van der Waals surface area contributed by atoms with E-state index in [0.717, 1.165) is 0 Å². The normalized spacial score (nSPS) is 10.2. The van der Waals surface area contributed by atoms with Gasteiger partial charge in [0.2, 0.25) is 0 Å². The highest BCUT2D eigenvalue weighted by atomic mass is 15.2. The monoisotopic (exact) mass is 232 g/mol. The fourth-order valence-corrected chi connectivity index (χ4v) is 2.16. The van der Waals surface area contributed by atoms with E-state index in [4.69, 9.17) is 0 Å². The van der Waals surface area contributed by atoms with Crippen LogP contribution in [0.15, 0.2) is 18.3 Å². The summed E-state index contributed by atoms with van der Waals surface area (Å²) in [6.45, 7) is 8.40. The highest BCUT2D eigenvalue weighted by Crippen LogP contribution is 2.20. The van der Waals surface area contributed by atoms with Gasteiger partial charge in [-0.15, -0.1) is 0 Å². The molecular formula is C15H24N2. The zero-order chi connectivity index (χ0) is 12.8. The van der Waals surface area contributed by atoms with Crippen LogP contribution in [0.3, 0.4) is 0 Å². The number of aryl methyl sites for hydroxylation is 3. The quantitative estimate of drug-likeness (QED) is 0.773. The van der Waals surface area contributed by atoms with Crippen molar-refractivity contribution >= 4 is 10.9 Å². The fraction of sp³-hybridized carbons (Fsp3) is 0.533. The summed E-state index contributed by atoms with van der Waals surface area (Å²) in [5.41, 5.74) is 4.03. The molecule has 2 nitrogen and oxygen atoms in total. The van der Waals surface area contributed by atoms with Crippen molar-refractivity contribution in [2.75, 3.05) is 0 Å². The predicted octanol–water partition coefficient (Wildman–Crippen LogP) is 4.25. The van der Waals surface area contributed by atoms with Crippen molar-refractivity contribution in [3.63, 3.8) is 0 Å². The predicted molar refractivity (Wildman–Crippen MR) is 75.4 cm³/mol. The molecule has 2 rings (SSSR count). The summed E-state index contributed by atoms with van der Waals surface area (Å²) in [6.07, 6.45) is 5.66. The fourth-order valence-electron chi connectivity index (χ4n) is 2.16. The van der Waals surface area contributed by atoms with E-state index in [-0.39, 0.29) is 0 Å². The van der Waals surface area contributed by atoms with Gasteiger partial charge in [-0.05, 0) is 37.0 Å². The van der Waals surface area contributed by atoms with Crippen molar-refractivity contribution in [3.8, 4) is 0 Å². The van der Waals surface area contributed by atoms with Crippen LogP contribution in [0, 0.1) is 6.92 Å². The molecule has 0 aliphatic rings. The molecule has 0 saturated heterocycles. The third-order valence-electron chi connectivity index (χ3n) is 2.90.